The third-order valence-electron chi connectivity index (χ3n) is 1.98. The Labute approximate surface area is 81.2 Å². The molecule has 1 heterocycles. The number of fused-ring (bicyclic) bond motifs is 1. The lowest BCUT2D eigenvalue weighted by atomic mass is 10.2. The van der Waals surface area contributed by atoms with Crippen molar-refractivity contribution in [2.45, 2.75) is 4.90 Å². The molecule has 66 valence electrons. The van der Waals surface area contributed by atoms with Crippen LogP contribution in [0, 0.1) is 0 Å². The van der Waals surface area contributed by atoms with Gasteiger partial charge in [0.25, 0.3) is 0 Å². The van der Waals surface area contributed by atoms with Crippen LogP contribution in [0.4, 0.5) is 5.69 Å². The van der Waals surface area contributed by atoms with Crippen molar-refractivity contribution in [2.24, 2.45) is 0 Å². The maximum Gasteiger partial charge on any atom is 0.0942 e. The molecule has 0 saturated heterocycles. The van der Waals surface area contributed by atoms with Crippen molar-refractivity contribution in [3.63, 3.8) is 0 Å². The average Bonchev–Trinajstić information content (AvgIpc) is 2.19. The van der Waals surface area contributed by atoms with E-state index in [1.807, 2.05) is 24.3 Å². The van der Waals surface area contributed by atoms with Gasteiger partial charge in [-0.05, 0) is 24.5 Å². The smallest absolute Gasteiger partial charge is 0.0942 e. The number of benzene rings is 1. The van der Waals surface area contributed by atoms with E-state index in [9.17, 15) is 0 Å². The zero-order chi connectivity index (χ0) is 9.26. The number of rotatable bonds is 1. The first-order chi connectivity index (χ1) is 6.33. The van der Waals surface area contributed by atoms with Gasteiger partial charge >= 0.3 is 0 Å². The molecule has 0 unspecified atom stereocenters. The van der Waals surface area contributed by atoms with Gasteiger partial charge in [0.2, 0.25) is 0 Å². The molecule has 1 aromatic heterocycles. The Hall–Kier alpha value is -1.22. The molecule has 0 amide bonds. The van der Waals surface area contributed by atoms with Crippen molar-refractivity contribution in [1.29, 1.82) is 0 Å². The fourth-order valence-corrected chi connectivity index (χ4v) is 1.94. The standard InChI is InChI=1S/C10H10N2S/c1-13-9-5-4-8(11)10-7(9)3-2-6-12-10/h2-6H,11H2,1H3. The van der Waals surface area contributed by atoms with Crippen molar-refractivity contribution >= 4 is 28.4 Å². The van der Waals surface area contributed by atoms with Crippen molar-refractivity contribution in [2.75, 3.05) is 12.0 Å². The predicted octanol–water partition coefficient (Wildman–Crippen LogP) is 2.54. The summed E-state index contributed by atoms with van der Waals surface area (Å²) in [6.07, 6.45) is 3.82. The molecule has 0 spiro atoms. The normalized spacial score (nSPS) is 10.5. The van der Waals surface area contributed by atoms with Crippen LogP contribution in [0.2, 0.25) is 0 Å². The molecule has 1 aromatic carbocycles. The molecule has 0 radical (unpaired) electrons. The number of hydrogen-bond acceptors (Lipinski definition) is 3. The van der Waals surface area contributed by atoms with Crippen molar-refractivity contribution in [3.8, 4) is 0 Å². The predicted molar refractivity (Wildman–Crippen MR) is 57.9 cm³/mol. The summed E-state index contributed by atoms with van der Waals surface area (Å²) in [4.78, 5) is 5.47. The summed E-state index contributed by atoms with van der Waals surface area (Å²) in [7, 11) is 0. The minimum atomic E-state index is 0.744. The van der Waals surface area contributed by atoms with Gasteiger partial charge < -0.3 is 5.73 Å². The number of aromatic nitrogens is 1. The van der Waals surface area contributed by atoms with Crippen molar-refractivity contribution < 1.29 is 0 Å². The molecule has 3 heteroatoms. The molecule has 2 nitrogen and oxygen atoms in total. The van der Waals surface area contributed by atoms with E-state index < -0.39 is 0 Å². The Balaban J connectivity index is 2.84. The van der Waals surface area contributed by atoms with Crippen LogP contribution in [0.25, 0.3) is 10.9 Å². The molecule has 0 fully saturated rings. The van der Waals surface area contributed by atoms with Gasteiger partial charge in [-0.2, -0.15) is 0 Å². The van der Waals surface area contributed by atoms with Gasteiger partial charge in [0.1, 0.15) is 0 Å². The third-order valence-corrected chi connectivity index (χ3v) is 2.78. The first-order valence-electron chi connectivity index (χ1n) is 4.00. The fourth-order valence-electron chi connectivity index (χ4n) is 1.35. The summed E-state index contributed by atoms with van der Waals surface area (Å²) < 4.78 is 0. The monoisotopic (exact) mass is 190 g/mol. The summed E-state index contributed by atoms with van der Waals surface area (Å²) in [6.45, 7) is 0. The summed E-state index contributed by atoms with van der Waals surface area (Å²) in [5, 5.41) is 1.13. The largest absolute Gasteiger partial charge is 0.397 e. The average molecular weight is 190 g/mol. The molecule has 0 aliphatic carbocycles. The van der Waals surface area contributed by atoms with Crippen LogP contribution in [-0.4, -0.2) is 11.2 Å². The number of anilines is 1. The van der Waals surface area contributed by atoms with E-state index in [0.29, 0.717) is 0 Å². The number of nitrogens with two attached hydrogens (primary N) is 1. The Kier molecular flexibility index (Phi) is 2.10. The van der Waals surface area contributed by atoms with Crippen LogP contribution in [0.1, 0.15) is 0 Å². The summed E-state index contributed by atoms with van der Waals surface area (Å²) in [6, 6.07) is 7.91. The quantitative estimate of drug-likeness (QED) is 0.554. The Bertz CT molecular complexity index is 440. The van der Waals surface area contributed by atoms with Crippen LogP contribution in [0.5, 0.6) is 0 Å². The van der Waals surface area contributed by atoms with Gasteiger partial charge in [-0.3, -0.25) is 4.98 Å². The number of nitrogen functional groups attached to an aromatic ring is 1. The highest BCUT2D eigenvalue weighted by Gasteiger charge is 2.02. The highest BCUT2D eigenvalue weighted by atomic mass is 32.2. The van der Waals surface area contributed by atoms with Gasteiger partial charge in [-0.15, -0.1) is 11.8 Å². The Morgan fingerprint density at radius 3 is 2.92 bits per heavy atom. The first-order valence-corrected chi connectivity index (χ1v) is 5.22. The zero-order valence-electron chi connectivity index (χ0n) is 7.32. The van der Waals surface area contributed by atoms with Gasteiger partial charge in [0, 0.05) is 16.5 Å². The molecule has 0 bridgehead atoms. The van der Waals surface area contributed by atoms with Crippen molar-refractivity contribution in [3.05, 3.63) is 30.5 Å². The van der Waals surface area contributed by atoms with Gasteiger partial charge in [0.05, 0.1) is 11.2 Å². The maximum atomic E-state index is 5.81. The van der Waals surface area contributed by atoms with E-state index in [2.05, 4.69) is 11.2 Å². The number of nitrogens with zero attached hydrogens (tertiary/aromatic N) is 1. The van der Waals surface area contributed by atoms with Crippen LogP contribution >= 0.6 is 11.8 Å². The molecule has 2 aromatic rings. The molecular weight excluding hydrogens is 180 g/mol. The number of pyridine rings is 1. The lowest BCUT2D eigenvalue weighted by Crippen LogP contribution is -1.89. The van der Waals surface area contributed by atoms with E-state index in [1.165, 1.54) is 4.90 Å². The number of thioether (sulfide) groups is 1. The summed E-state index contributed by atoms with van der Waals surface area (Å²) in [5.41, 5.74) is 7.45. The van der Waals surface area contributed by atoms with E-state index in [-0.39, 0.29) is 0 Å². The van der Waals surface area contributed by atoms with E-state index >= 15 is 0 Å². The van der Waals surface area contributed by atoms with E-state index in [1.54, 1.807) is 18.0 Å². The minimum absolute atomic E-state index is 0.744. The first kappa shape index (κ1) is 8.38. The SMILES string of the molecule is CSc1ccc(N)c2ncccc12. The van der Waals surface area contributed by atoms with Gasteiger partial charge in [-0.25, -0.2) is 0 Å². The maximum absolute atomic E-state index is 5.81. The summed E-state index contributed by atoms with van der Waals surface area (Å²) >= 11 is 1.71. The molecule has 0 aliphatic rings. The van der Waals surface area contributed by atoms with Crippen LogP contribution in [-0.2, 0) is 0 Å². The molecule has 2 N–H and O–H groups in total. The molecule has 13 heavy (non-hydrogen) atoms. The molecule has 0 atom stereocenters. The van der Waals surface area contributed by atoms with Gasteiger partial charge in [-0.1, -0.05) is 6.07 Å². The Morgan fingerprint density at radius 1 is 1.31 bits per heavy atom. The Morgan fingerprint density at radius 2 is 2.15 bits per heavy atom. The second-order valence-electron chi connectivity index (χ2n) is 2.76. The lowest BCUT2D eigenvalue weighted by Gasteiger charge is -2.04. The van der Waals surface area contributed by atoms with Crippen LogP contribution in [0.15, 0.2) is 35.4 Å². The number of hydrogen-bond donors (Lipinski definition) is 1. The molecule has 2 rings (SSSR count). The topological polar surface area (TPSA) is 38.9 Å². The minimum Gasteiger partial charge on any atom is -0.397 e. The lowest BCUT2D eigenvalue weighted by molar-refractivity contribution is 1.39. The highest BCUT2D eigenvalue weighted by molar-refractivity contribution is 7.98. The molecular formula is C10H10N2S. The fraction of sp³-hybridized carbons (Fsp3) is 0.100. The second kappa shape index (κ2) is 3.26. The highest BCUT2D eigenvalue weighted by Crippen LogP contribution is 2.28. The van der Waals surface area contributed by atoms with Crippen molar-refractivity contribution in [1.82, 2.24) is 4.98 Å². The van der Waals surface area contributed by atoms with E-state index in [0.717, 1.165) is 16.6 Å². The molecule has 0 aliphatic heterocycles. The summed E-state index contributed by atoms with van der Waals surface area (Å²) in [5.74, 6) is 0. The molecule has 0 saturated carbocycles. The van der Waals surface area contributed by atoms with Crippen LogP contribution < -0.4 is 5.73 Å². The van der Waals surface area contributed by atoms with E-state index in [4.69, 9.17) is 5.73 Å². The second-order valence-corrected chi connectivity index (χ2v) is 3.60. The zero-order valence-corrected chi connectivity index (χ0v) is 8.14. The van der Waals surface area contributed by atoms with Gasteiger partial charge in [0.15, 0.2) is 0 Å². The van der Waals surface area contributed by atoms with Crippen LogP contribution in [0.3, 0.4) is 0 Å². The third kappa shape index (κ3) is 1.35.